The Bertz CT molecular complexity index is 317. The summed E-state index contributed by atoms with van der Waals surface area (Å²) < 4.78 is 0. The maximum atomic E-state index is 10.4. The summed E-state index contributed by atoms with van der Waals surface area (Å²) in [5.74, 6) is 0. The fourth-order valence-electron chi connectivity index (χ4n) is 2.59. The minimum atomic E-state index is -0.443. The van der Waals surface area contributed by atoms with Crippen molar-refractivity contribution in [1.82, 2.24) is 5.32 Å². The second kappa shape index (κ2) is 5.98. The molecule has 0 radical (unpaired) electrons. The van der Waals surface area contributed by atoms with E-state index in [1.165, 1.54) is 24.8 Å². The molecule has 2 N–H and O–H groups in total. The van der Waals surface area contributed by atoms with Crippen molar-refractivity contribution in [3.63, 3.8) is 0 Å². The third-order valence-electron chi connectivity index (χ3n) is 3.69. The molecule has 2 rings (SSSR count). The van der Waals surface area contributed by atoms with Crippen LogP contribution in [0.3, 0.4) is 0 Å². The maximum Gasteiger partial charge on any atom is 0.0771 e. The van der Waals surface area contributed by atoms with Crippen LogP contribution >= 0.6 is 11.3 Å². The van der Waals surface area contributed by atoms with Gasteiger partial charge in [-0.15, -0.1) is 0 Å². The van der Waals surface area contributed by atoms with Crippen molar-refractivity contribution < 1.29 is 5.11 Å². The predicted molar refractivity (Wildman–Crippen MR) is 73.5 cm³/mol. The molecule has 0 bridgehead atoms. The summed E-state index contributed by atoms with van der Waals surface area (Å²) in [5.41, 5.74) is 0.951. The largest absolute Gasteiger partial charge is 0.389 e. The molecule has 1 aliphatic rings. The van der Waals surface area contributed by atoms with E-state index < -0.39 is 5.60 Å². The summed E-state index contributed by atoms with van der Waals surface area (Å²) in [7, 11) is 0. The van der Waals surface area contributed by atoms with Crippen molar-refractivity contribution in [1.29, 1.82) is 0 Å². The number of aliphatic hydroxyl groups is 1. The minimum Gasteiger partial charge on any atom is -0.389 e. The zero-order chi connectivity index (χ0) is 12.1. The second-order valence-electron chi connectivity index (χ2n) is 5.40. The first-order valence-corrected chi connectivity index (χ1v) is 7.59. The van der Waals surface area contributed by atoms with E-state index in [0.717, 1.165) is 25.8 Å². The molecule has 0 saturated heterocycles. The van der Waals surface area contributed by atoms with Crippen LogP contribution in [0.4, 0.5) is 0 Å². The van der Waals surface area contributed by atoms with Crippen LogP contribution in [-0.2, 0) is 6.42 Å². The van der Waals surface area contributed by atoms with E-state index in [9.17, 15) is 5.11 Å². The van der Waals surface area contributed by atoms with E-state index in [4.69, 9.17) is 0 Å². The third kappa shape index (κ3) is 4.09. The van der Waals surface area contributed by atoms with Gasteiger partial charge >= 0.3 is 0 Å². The van der Waals surface area contributed by atoms with Gasteiger partial charge in [-0.1, -0.05) is 19.3 Å². The van der Waals surface area contributed by atoms with Crippen LogP contribution < -0.4 is 5.32 Å². The van der Waals surface area contributed by atoms with Crippen molar-refractivity contribution in [2.75, 3.05) is 6.54 Å². The van der Waals surface area contributed by atoms with E-state index in [2.05, 4.69) is 29.1 Å². The lowest BCUT2D eigenvalue weighted by molar-refractivity contribution is 0.00306. The normalized spacial score (nSPS) is 21.3. The van der Waals surface area contributed by atoms with Crippen LogP contribution in [0.15, 0.2) is 16.8 Å². The molecule has 0 spiro atoms. The number of hydrogen-bond donors (Lipinski definition) is 2. The number of hydrogen-bond acceptors (Lipinski definition) is 3. The zero-order valence-electron chi connectivity index (χ0n) is 10.6. The molecule has 0 amide bonds. The van der Waals surface area contributed by atoms with E-state index in [-0.39, 0.29) is 0 Å². The third-order valence-corrected chi connectivity index (χ3v) is 4.42. The van der Waals surface area contributed by atoms with Crippen molar-refractivity contribution in [3.8, 4) is 0 Å². The topological polar surface area (TPSA) is 32.3 Å². The van der Waals surface area contributed by atoms with Crippen molar-refractivity contribution in [2.24, 2.45) is 0 Å². The highest BCUT2D eigenvalue weighted by molar-refractivity contribution is 7.07. The van der Waals surface area contributed by atoms with Crippen LogP contribution in [0, 0.1) is 0 Å². The fraction of sp³-hybridized carbons (Fsp3) is 0.714. The zero-order valence-corrected chi connectivity index (χ0v) is 11.4. The molecule has 1 saturated carbocycles. The van der Waals surface area contributed by atoms with Gasteiger partial charge in [0.1, 0.15) is 0 Å². The Labute approximate surface area is 108 Å². The molecule has 1 heterocycles. The molecule has 96 valence electrons. The van der Waals surface area contributed by atoms with Gasteiger partial charge in [-0.2, -0.15) is 11.3 Å². The van der Waals surface area contributed by atoms with Crippen molar-refractivity contribution in [2.45, 2.75) is 57.1 Å². The number of nitrogens with one attached hydrogen (secondary N) is 1. The van der Waals surface area contributed by atoms with Crippen LogP contribution in [0.2, 0.25) is 0 Å². The van der Waals surface area contributed by atoms with Gasteiger partial charge in [0.15, 0.2) is 0 Å². The van der Waals surface area contributed by atoms with E-state index in [1.54, 1.807) is 11.3 Å². The predicted octanol–water partition coefficient (Wildman–Crippen LogP) is 2.96. The van der Waals surface area contributed by atoms with Crippen LogP contribution in [-0.4, -0.2) is 23.3 Å². The Hall–Kier alpha value is -0.380. The Morgan fingerprint density at radius 3 is 2.82 bits per heavy atom. The van der Waals surface area contributed by atoms with Gasteiger partial charge in [0.2, 0.25) is 0 Å². The monoisotopic (exact) mass is 253 g/mol. The molecule has 1 aliphatic carbocycles. The van der Waals surface area contributed by atoms with Gasteiger partial charge in [0.05, 0.1) is 5.60 Å². The summed E-state index contributed by atoms with van der Waals surface area (Å²) in [6.45, 7) is 2.95. The maximum absolute atomic E-state index is 10.4. The number of thiophene rings is 1. The van der Waals surface area contributed by atoms with Crippen LogP contribution in [0.1, 0.15) is 44.6 Å². The van der Waals surface area contributed by atoms with Gasteiger partial charge < -0.3 is 10.4 Å². The molecule has 1 aromatic rings. The molecule has 0 aromatic carbocycles. The van der Waals surface area contributed by atoms with E-state index >= 15 is 0 Å². The molecular formula is C14H23NOS. The molecule has 2 nitrogen and oxygen atoms in total. The van der Waals surface area contributed by atoms with Crippen LogP contribution in [0.5, 0.6) is 0 Å². The molecule has 0 aliphatic heterocycles. The van der Waals surface area contributed by atoms with E-state index in [0.29, 0.717) is 6.04 Å². The van der Waals surface area contributed by atoms with Gasteiger partial charge in [-0.05, 0) is 48.6 Å². The van der Waals surface area contributed by atoms with Gasteiger partial charge in [-0.25, -0.2) is 0 Å². The highest BCUT2D eigenvalue weighted by atomic mass is 32.1. The second-order valence-corrected chi connectivity index (χ2v) is 6.18. The average molecular weight is 253 g/mol. The Balaban J connectivity index is 1.73. The van der Waals surface area contributed by atoms with Crippen molar-refractivity contribution >= 4 is 11.3 Å². The first kappa shape index (κ1) is 13.1. The molecule has 1 atom stereocenters. The average Bonchev–Trinajstić information content (AvgIpc) is 2.80. The fourth-order valence-corrected chi connectivity index (χ4v) is 3.27. The molecular weight excluding hydrogens is 230 g/mol. The number of rotatable bonds is 5. The quantitative estimate of drug-likeness (QED) is 0.845. The van der Waals surface area contributed by atoms with Crippen LogP contribution in [0.25, 0.3) is 0 Å². The molecule has 3 heteroatoms. The van der Waals surface area contributed by atoms with E-state index in [1.807, 2.05) is 0 Å². The highest BCUT2D eigenvalue weighted by Crippen LogP contribution is 2.27. The standard InChI is InChI=1S/C14H23NOS/c1-12(9-13-5-8-17-10-13)15-11-14(16)6-3-2-4-7-14/h5,8,10,12,15-16H,2-4,6-7,9,11H2,1H3. The van der Waals surface area contributed by atoms with Gasteiger partial charge in [0.25, 0.3) is 0 Å². The lowest BCUT2D eigenvalue weighted by atomic mass is 9.84. The molecule has 1 aromatic heterocycles. The first-order chi connectivity index (χ1) is 8.18. The Morgan fingerprint density at radius 1 is 1.41 bits per heavy atom. The SMILES string of the molecule is CC(Cc1ccsc1)NCC1(O)CCCCC1. The Morgan fingerprint density at radius 2 is 2.18 bits per heavy atom. The highest BCUT2D eigenvalue weighted by Gasteiger charge is 2.28. The Kier molecular flexibility index (Phi) is 4.60. The summed E-state index contributed by atoms with van der Waals surface area (Å²) in [6.07, 6.45) is 6.62. The summed E-state index contributed by atoms with van der Waals surface area (Å²) in [6, 6.07) is 2.62. The molecule has 1 unspecified atom stereocenters. The minimum absolute atomic E-state index is 0.440. The summed E-state index contributed by atoms with van der Waals surface area (Å²) in [5, 5.41) is 18.2. The van der Waals surface area contributed by atoms with Gasteiger partial charge in [0, 0.05) is 12.6 Å². The molecule has 1 fully saturated rings. The van der Waals surface area contributed by atoms with Crippen molar-refractivity contribution in [3.05, 3.63) is 22.4 Å². The van der Waals surface area contributed by atoms with Gasteiger partial charge in [-0.3, -0.25) is 0 Å². The summed E-state index contributed by atoms with van der Waals surface area (Å²) in [4.78, 5) is 0. The lowest BCUT2D eigenvalue weighted by Gasteiger charge is -2.33. The summed E-state index contributed by atoms with van der Waals surface area (Å²) >= 11 is 1.75. The lowest BCUT2D eigenvalue weighted by Crippen LogP contribution is -2.45. The first-order valence-electron chi connectivity index (χ1n) is 6.65. The molecule has 17 heavy (non-hydrogen) atoms. The smallest absolute Gasteiger partial charge is 0.0771 e.